The van der Waals surface area contributed by atoms with Crippen molar-refractivity contribution < 1.29 is 23.9 Å². The van der Waals surface area contributed by atoms with Crippen molar-refractivity contribution in [3.63, 3.8) is 0 Å². The molecule has 2 aromatic rings. The zero-order valence-electron chi connectivity index (χ0n) is 17.0. The topological polar surface area (TPSA) is 97.0 Å². The molecule has 1 aliphatic rings. The number of rotatable bonds is 9. The first-order valence-corrected chi connectivity index (χ1v) is 9.65. The van der Waals surface area contributed by atoms with Crippen molar-refractivity contribution in [3.8, 4) is 11.5 Å². The third-order valence-corrected chi connectivity index (χ3v) is 4.90. The van der Waals surface area contributed by atoms with E-state index in [4.69, 9.17) is 9.47 Å². The van der Waals surface area contributed by atoms with Crippen molar-refractivity contribution in [2.75, 3.05) is 20.8 Å². The Kier molecular flexibility index (Phi) is 6.90. The SMILES string of the molecule is COc1ccc(CNC(=O)C[C@H]2NC(=O)N(CCc3ccccc3)C2=O)cc1OC. The molecule has 0 saturated carbocycles. The fraction of sp³-hybridized carbons (Fsp3) is 0.318. The number of ether oxygens (including phenoxy) is 2. The van der Waals surface area contributed by atoms with Crippen LogP contribution in [-0.4, -0.2) is 49.6 Å². The van der Waals surface area contributed by atoms with Crippen LogP contribution in [-0.2, 0) is 22.6 Å². The molecule has 4 amide bonds. The summed E-state index contributed by atoms with van der Waals surface area (Å²) >= 11 is 0. The van der Waals surface area contributed by atoms with Crippen molar-refractivity contribution in [1.29, 1.82) is 0 Å². The van der Waals surface area contributed by atoms with Crippen LogP contribution in [0.3, 0.4) is 0 Å². The highest BCUT2D eigenvalue weighted by atomic mass is 16.5. The van der Waals surface area contributed by atoms with Gasteiger partial charge >= 0.3 is 6.03 Å². The Balaban J connectivity index is 1.50. The minimum atomic E-state index is -0.848. The number of methoxy groups -OCH3 is 2. The highest BCUT2D eigenvalue weighted by Gasteiger charge is 2.38. The minimum absolute atomic E-state index is 0.111. The number of urea groups is 1. The van der Waals surface area contributed by atoms with Gasteiger partial charge in [-0.15, -0.1) is 0 Å². The Morgan fingerprint density at radius 1 is 1.03 bits per heavy atom. The van der Waals surface area contributed by atoms with Crippen molar-refractivity contribution in [2.24, 2.45) is 0 Å². The first-order chi connectivity index (χ1) is 14.5. The molecule has 1 heterocycles. The molecular weight excluding hydrogens is 386 g/mol. The number of carbonyl (C=O) groups is 3. The molecule has 0 unspecified atom stereocenters. The van der Waals surface area contributed by atoms with E-state index in [0.29, 0.717) is 17.9 Å². The number of nitrogens with zero attached hydrogens (tertiary/aromatic N) is 1. The number of hydrogen-bond acceptors (Lipinski definition) is 5. The van der Waals surface area contributed by atoms with Crippen molar-refractivity contribution in [2.45, 2.75) is 25.4 Å². The summed E-state index contributed by atoms with van der Waals surface area (Å²) < 4.78 is 10.4. The second-order valence-corrected chi connectivity index (χ2v) is 6.90. The van der Waals surface area contributed by atoms with E-state index in [-0.39, 0.29) is 31.3 Å². The van der Waals surface area contributed by atoms with Crippen LogP contribution >= 0.6 is 0 Å². The average molecular weight is 411 g/mol. The third kappa shape index (κ3) is 5.08. The molecule has 0 radical (unpaired) electrons. The maximum Gasteiger partial charge on any atom is 0.324 e. The van der Waals surface area contributed by atoms with Gasteiger partial charge in [0.25, 0.3) is 5.91 Å². The summed E-state index contributed by atoms with van der Waals surface area (Å²) in [6.07, 6.45) is 0.456. The molecule has 0 spiro atoms. The lowest BCUT2D eigenvalue weighted by molar-refractivity contribution is -0.130. The Morgan fingerprint density at radius 2 is 1.77 bits per heavy atom. The molecule has 1 saturated heterocycles. The number of imide groups is 1. The molecule has 8 nitrogen and oxygen atoms in total. The lowest BCUT2D eigenvalue weighted by Crippen LogP contribution is -2.36. The number of hydrogen-bond donors (Lipinski definition) is 2. The van der Waals surface area contributed by atoms with E-state index >= 15 is 0 Å². The highest BCUT2D eigenvalue weighted by Crippen LogP contribution is 2.27. The summed E-state index contributed by atoms with van der Waals surface area (Å²) in [5, 5.41) is 5.36. The van der Waals surface area contributed by atoms with E-state index in [1.54, 1.807) is 19.2 Å². The minimum Gasteiger partial charge on any atom is -0.493 e. The predicted molar refractivity (Wildman–Crippen MR) is 110 cm³/mol. The first-order valence-electron chi connectivity index (χ1n) is 9.65. The standard InChI is InChI=1S/C22H25N3O5/c1-29-18-9-8-16(12-19(18)30-2)14-23-20(26)13-17-21(27)25(22(28)24-17)11-10-15-6-4-3-5-7-15/h3-9,12,17H,10-11,13-14H2,1-2H3,(H,23,26)(H,24,28)/t17-/m1/s1. The van der Waals surface area contributed by atoms with Gasteiger partial charge in [-0.3, -0.25) is 14.5 Å². The van der Waals surface area contributed by atoms with Crippen LogP contribution in [0.5, 0.6) is 11.5 Å². The number of carbonyl (C=O) groups excluding carboxylic acids is 3. The molecule has 2 N–H and O–H groups in total. The Bertz CT molecular complexity index is 916. The van der Waals surface area contributed by atoms with Crippen LogP contribution in [0.4, 0.5) is 4.79 Å². The monoisotopic (exact) mass is 411 g/mol. The van der Waals surface area contributed by atoms with Gasteiger partial charge in [-0.1, -0.05) is 36.4 Å². The lowest BCUT2D eigenvalue weighted by Gasteiger charge is -2.13. The lowest BCUT2D eigenvalue weighted by atomic mass is 10.1. The van der Waals surface area contributed by atoms with Gasteiger partial charge in [0, 0.05) is 13.1 Å². The van der Waals surface area contributed by atoms with E-state index < -0.39 is 12.1 Å². The number of nitrogens with one attached hydrogen (secondary N) is 2. The maximum absolute atomic E-state index is 12.5. The average Bonchev–Trinajstić information content (AvgIpc) is 3.03. The zero-order chi connectivity index (χ0) is 21.5. The van der Waals surface area contributed by atoms with Crippen LogP contribution in [0, 0.1) is 0 Å². The van der Waals surface area contributed by atoms with Crippen LogP contribution in [0.2, 0.25) is 0 Å². The normalized spacial score (nSPS) is 15.7. The molecule has 1 atom stereocenters. The molecular formula is C22H25N3O5. The molecule has 30 heavy (non-hydrogen) atoms. The molecule has 0 aliphatic carbocycles. The zero-order valence-corrected chi connectivity index (χ0v) is 17.0. The van der Waals surface area contributed by atoms with Gasteiger partial charge in [-0.25, -0.2) is 4.79 Å². The second-order valence-electron chi connectivity index (χ2n) is 6.90. The van der Waals surface area contributed by atoms with Gasteiger partial charge in [0.2, 0.25) is 5.91 Å². The van der Waals surface area contributed by atoms with Crippen LogP contribution < -0.4 is 20.1 Å². The molecule has 0 aromatic heterocycles. The molecule has 3 rings (SSSR count). The first kappa shape index (κ1) is 21.2. The molecule has 8 heteroatoms. The Hall–Kier alpha value is -3.55. The van der Waals surface area contributed by atoms with Crippen LogP contribution in [0.15, 0.2) is 48.5 Å². The Morgan fingerprint density at radius 3 is 2.47 bits per heavy atom. The fourth-order valence-corrected chi connectivity index (χ4v) is 3.26. The highest BCUT2D eigenvalue weighted by molar-refractivity contribution is 6.05. The van der Waals surface area contributed by atoms with Gasteiger partial charge in [-0.2, -0.15) is 0 Å². The maximum atomic E-state index is 12.5. The summed E-state index contributed by atoms with van der Waals surface area (Å²) in [6, 6.07) is 13.6. The molecule has 158 valence electrons. The third-order valence-electron chi connectivity index (χ3n) is 4.90. The summed E-state index contributed by atoms with van der Waals surface area (Å²) in [5.74, 6) is 0.463. The summed E-state index contributed by atoms with van der Waals surface area (Å²) in [6.45, 7) is 0.546. The van der Waals surface area contributed by atoms with Crippen molar-refractivity contribution in [3.05, 3.63) is 59.7 Å². The van der Waals surface area contributed by atoms with Crippen LogP contribution in [0.25, 0.3) is 0 Å². The number of benzene rings is 2. The second kappa shape index (κ2) is 9.78. The summed E-state index contributed by atoms with van der Waals surface area (Å²) in [4.78, 5) is 38.1. The van der Waals surface area contributed by atoms with Crippen molar-refractivity contribution >= 4 is 17.8 Å². The van der Waals surface area contributed by atoms with E-state index in [0.717, 1.165) is 11.1 Å². The Labute approximate surface area is 175 Å². The quantitative estimate of drug-likeness (QED) is 0.614. The molecule has 2 aromatic carbocycles. The molecule has 1 aliphatic heterocycles. The van der Waals surface area contributed by atoms with Crippen molar-refractivity contribution in [1.82, 2.24) is 15.5 Å². The molecule has 1 fully saturated rings. The van der Waals surface area contributed by atoms with E-state index in [9.17, 15) is 14.4 Å². The number of amides is 4. The van der Waals surface area contributed by atoms with E-state index in [1.807, 2.05) is 36.4 Å². The summed E-state index contributed by atoms with van der Waals surface area (Å²) in [7, 11) is 3.09. The fourth-order valence-electron chi connectivity index (χ4n) is 3.26. The van der Waals surface area contributed by atoms with Gasteiger partial charge < -0.3 is 20.1 Å². The van der Waals surface area contributed by atoms with Gasteiger partial charge in [0.1, 0.15) is 6.04 Å². The van der Waals surface area contributed by atoms with E-state index in [2.05, 4.69) is 10.6 Å². The van der Waals surface area contributed by atoms with Crippen LogP contribution in [0.1, 0.15) is 17.5 Å². The summed E-state index contributed by atoms with van der Waals surface area (Å²) in [5.41, 5.74) is 1.86. The smallest absolute Gasteiger partial charge is 0.324 e. The molecule has 0 bridgehead atoms. The largest absolute Gasteiger partial charge is 0.493 e. The van der Waals surface area contributed by atoms with Gasteiger partial charge in [0.15, 0.2) is 11.5 Å². The van der Waals surface area contributed by atoms with Gasteiger partial charge in [0.05, 0.1) is 20.6 Å². The van der Waals surface area contributed by atoms with Gasteiger partial charge in [-0.05, 0) is 29.7 Å². The van der Waals surface area contributed by atoms with E-state index in [1.165, 1.54) is 12.0 Å². The predicted octanol–water partition coefficient (Wildman–Crippen LogP) is 1.87.